The summed E-state index contributed by atoms with van der Waals surface area (Å²) >= 11 is 0. The number of para-hydroxylation sites is 1. The van der Waals surface area contributed by atoms with Crippen molar-refractivity contribution in [2.75, 3.05) is 0 Å². The van der Waals surface area contributed by atoms with Gasteiger partial charge in [0.15, 0.2) is 0 Å². The van der Waals surface area contributed by atoms with E-state index in [4.69, 9.17) is 4.42 Å². The zero-order chi connectivity index (χ0) is 29.8. The maximum Gasteiger partial charge on any atom is 0.326 e. The second kappa shape index (κ2) is 12.2. The average molecular weight is 564 g/mol. The van der Waals surface area contributed by atoms with E-state index in [2.05, 4.69) is 15.6 Å². The summed E-state index contributed by atoms with van der Waals surface area (Å²) in [5, 5.41) is 16.4. The first-order valence-corrected chi connectivity index (χ1v) is 13.8. The lowest BCUT2D eigenvalue weighted by Gasteiger charge is -2.22. The predicted molar refractivity (Wildman–Crippen MR) is 161 cm³/mol. The van der Waals surface area contributed by atoms with Crippen LogP contribution in [-0.4, -0.2) is 40.0 Å². The number of carbonyl (C=O) groups is 3. The molecule has 0 radical (unpaired) electrons. The number of aliphatic carboxylic acids is 1. The van der Waals surface area contributed by atoms with E-state index in [0.29, 0.717) is 5.56 Å². The monoisotopic (exact) mass is 563 g/mol. The maximum absolute atomic E-state index is 13.6. The number of nitrogens with one attached hydrogen (secondary N) is 3. The van der Waals surface area contributed by atoms with Gasteiger partial charge in [0, 0.05) is 41.1 Å². The molecule has 5 aromatic rings. The zero-order valence-corrected chi connectivity index (χ0v) is 23.7. The molecule has 0 aliphatic rings. The number of aromatic nitrogens is 1. The first-order chi connectivity index (χ1) is 20.2. The highest BCUT2D eigenvalue weighted by Crippen LogP contribution is 2.23. The van der Waals surface area contributed by atoms with Crippen molar-refractivity contribution in [3.05, 3.63) is 119 Å². The molecule has 0 saturated carbocycles. The van der Waals surface area contributed by atoms with Crippen LogP contribution >= 0.6 is 0 Å². The molecule has 5 rings (SSSR count). The first kappa shape index (κ1) is 28.4. The largest absolute Gasteiger partial charge is 0.480 e. The summed E-state index contributed by atoms with van der Waals surface area (Å²) in [4.78, 5) is 42.3. The molecule has 0 spiro atoms. The van der Waals surface area contributed by atoms with Gasteiger partial charge in [-0.05, 0) is 62.2 Å². The van der Waals surface area contributed by atoms with Crippen molar-refractivity contribution in [1.29, 1.82) is 0 Å². The fraction of sp³-hybridized carbons (Fsp3) is 0.206. The van der Waals surface area contributed by atoms with E-state index < -0.39 is 29.9 Å². The number of furan rings is 1. The molecule has 2 heterocycles. The molecule has 0 aliphatic carbocycles. The lowest BCUT2D eigenvalue weighted by atomic mass is 10.0. The summed E-state index contributed by atoms with van der Waals surface area (Å²) in [5.41, 5.74) is 5.63. The Labute approximate surface area is 243 Å². The number of carboxylic acids is 1. The van der Waals surface area contributed by atoms with E-state index in [0.717, 1.165) is 50.2 Å². The molecule has 2 amide bonds. The van der Waals surface area contributed by atoms with Crippen LogP contribution in [-0.2, 0) is 22.4 Å². The second-order valence-electron chi connectivity index (χ2n) is 10.7. The number of H-pyrrole nitrogens is 1. The van der Waals surface area contributed by atoms with Gasteiger partial charge >= 0.3 is 5.97 Å². The van der Waals surface area contributed by atoms with Crippen LogP contribution in [0.1, 0.15) is 38.4 Å². The van der Waals surface area contributed by atoms with Crippen molar-refractivity contribution in [2.45, 2.75) is 45.7 Å². The first-order valence-electron chi connectivity index (χ1n) is 13.8. The van der Waals surface area contributed by atoms with Crippen LogP contribution in [0.3, 0.4) is 0 Å². The van der Waals surface area contributed by atoms with Crippen LogP contribution in [0.15, 0.2) is 89.5 Å². The molecule has 0 aliphatic heterocycles. The number of aromatic amines is 1. The van der Waals surface area contributed by atoms with E-state index in [-0.39, 0.29) is 12.8 Å². The van der Waals surface area contributed by atoms with Crippen LogP contribution in [0.5, 0.6) is 0 Å². The Hall–Kier alpha value is -5.11. The van der Waals surface area contributed by atoms with Gasteiger partial charge in [0.25, 0.3) is 5.91 Å². The highest BCUT2D eigenvalue weighted by atomic mass is 16.4. The third-order valence-corrected chi connectivity index (χ3v) is 7.24. The Morgan fingerprint density at radius 3 is 2.21 bits per heavy atom. The van der Waals surface area contributed by atoms with Crippen molar-refractivity contribution < 1.29 is 23.9 Å². The summed E-state index contributed by atoms with van der Waals surface area (Å²) in [6, 6.07) is 22.2. The van der Waals surface area contributed by atoms with E-state index in [1.165, 1.54) is 0 Å². The van der Waals surface area contributed by atoms with Crippen molar-refractivity contribution >= 4 is 28.7 Å². The number of benzene rings is 3. The molecule has 3 aromatic carbocycles. The lowest BCUT2D eigenvalue weighted by Crippen LogP contribution is -2.53. The Morgan fingerprint density at radius 2 is 1.55 bits per heavy atom. The Bertz CT molecular complexity index is 1730. The number of hydrogen-bond donors (Lipinski definition) is 4. The van der Waals surface area contributed by atoms with Crippen LogP contribution in [0.25, 0.3) is 22.2 Å². The normalized spacial score (nSPS) is 12.5. The van der Waals surface area contributed by atoms with Gasteiger partial charge in [0.1, 0.15) is 23.6 Å². The van der Waals surface area contributed by atoms with Gasteiger partial charge in [-0.3, -0.25) is 9.59 Å². The minimum absolute atomic E-state index is 0.0834. The highest BCUT2D eigenvalue weighted by molar-refractivity contribution is 5.98. The van der Waals surface area contributed by atoms with Gasteiger partial charge in [-0.1, -0.05) is 59.7 Å². The molecular formula is C34H33N3O5. The fourth-order valence-corrected chi connectivity index (χ4v) is 5.18. The number of carboxylic acid groups (broad SMARTS) is 1. The van der Waals surface area contributed by atoms with E-state index in [1.54, 1.807) is 18.3 Å². The average Bonchev–Trinajstić information content (AvgIpc) is 3.58. The number of rotatable bonds is 10. The van der Waals surface area contributed by atoms with Gasteiger partial charge in [-0.15, -0.1) is 0 Å². The molecule has 0 unspecified atom stereocenters. The van der Waals surface area contributed by atoms with Crippen LogP contribution in [0, 0.1) is 20.8 Å². The molecule has 2 aromatic heterocycles. The number of amides is 2. The molecule has 0 bridgehead atoms. The van der Waals surface area contributed by atoms with Crippen molar-refractivity contribution in [2.24, 2.45) is 0 Å². The van der Waals surface area contributed by atoms with Crippen molar-refractivity contribution in [1.82, 2.24) is 15.6 Å². The van der Waals surface area contributed by atoms with E-state index in [1.807, 2.05) is 87.5 Å². The van der Waals surface area contributed by atoms with Gasteiger partial charge in [0.2, 0.25) is 5.91 Å². The molecule has 4 N–H and O–H groups in total. The SMILES string of the molecule is Cc1cc(C)cc(C(=O)N[C@H](Cc2ccc(-c3ccc(C)o3)cc2)C(=O)N[C@@H](Cc2c[nH]c3ccccc23)C(=O)O)c1. The van der Waals surface area contributed by atoms with Crippen molar-refractivity contribution in [3.8, 4) is 11.3 Å². The molecule has 42 heavy (non-hydrogen) atoms. The zero-order valence-electron chi connectivity index (χ0n) is 23.7. The molecule has 8 nitrogen and oxygen atoms in total. The van der Waals surface area contributed by atoms with Gasteiger partial charge in [-0.25, -0.2) is 4.79 Å². The van der Waals surface area contributed by atoms with Gasteiger partial charge in [0.05, 0.1) is 0 Å². The molecule has 8 heteroatoms. The number of aryl methyl sites for hydroxylation is 3. The summed E-state index contributed by atoms with van der Waals surface area (Å²) in [6.45, 7) is 5.68. The summed E-state index contributed by atoms with van der Waals surface area (Å²) in [7, 11) is 0. The summed E-state index contributed by atoms with van der Waals surface area (Å²) < 4.78 is 5.71. The van der Waals surface area contributed by atoms with Crippen LogP contribution in [0.2, 0.25) is 0 Å². The highest BCUT2D eigenvalue weighted by Gasteiger charge is 2.28. The Morgan fingerprint density at radius 1 is 0.833 bits per heavy atom. The van der Waals surface area contributed by atoms with Crippen LogP contribution in [0.4, 0.5) is 0 Å². The minimum Gasteiger partial charge on any atom is -0.480 e. The summed E-state index contributed by atoms with van der Waals surface area (Å²) in [5.74, 6) is -0.608. The topological polar surface area (TPSA) is 124 Å². The standard InChI is InChI=1S/C34H33N3O5/c1-20-14-21(2)16-25(15-20)32(38)36-29(17-23-9-11-24(12-10-23)31-13-8-22(3)42-31)33(39)37-30(34(40)41)18-26-19-35-28-7-5-4-6-27(26)28/h4-16,19,29-30,35H,17-18H2,1-3H3,(H,36,38)(H,37,39)(H,40,41)/t29-,30+/m1/s1. The number of hydrogen-bond acceptors (Lipinski definition) is 4. The number of fused-ring (bicyclic) bond motifs is 1. The molecule has 0 fully saturated rings. The quantitative estimate of drug-likeness (QED) is 0.178. The lowest BCUT2D eigenvalue weighted by molar-refractivity contribution is -0.142. The van der Waals surface area contributed by atoms with E-state index >= 15 is 0 Å². The van der Waals surface area contributed by atoms with Crippen molar-refractivity contribution in [3.63, 3.8) is 0 Å². The third-order valence-electron chi connectivity index (χ3n) is 7.24. The predicted octanol–water partition coefficient (Wildman–Crippen LogP) is 5.51. The summed E-state index contributed by atoms with van der Waals surface area (Å²) in [6.07, 6.45) is 2.01. The molecule has 0 saturated heterocycles. The second-order valence-corrected chi connectivity index (χ2v) is 10.7. The number of carbonyl (C=O) groups excluding carboxylic acids is 2. The molecular weight excluding hydrogens is 530 g/mol. The fourth-order valence-electron chi connectivity index (χ4n) is 5.18. The minimum atomic E-state index is -1.19. The smallest absolute Gasteiger partial charge is 0.326 e. The molecule has 214 valence electrons. The Kier molecular flexibility index (Phi) is 8.24. The third kappa shape index (κ3) is 6.61. The van der Waals surface area contributed by atoms with Crippen LogP contribution < -0.4 is 10.6 Å². The molecule has 2 atom stereocenters. The Balaban J connectivity index is 1.38. The van der Waals surface area contributed by atoms with E-state index in [9.17, 15) is 19.5 Å². The van der Waals surface area contributed by atoms with Gasteiger partial charge in [-0.2, -0.15) is 0 Å². The maximum atomic E-state index is 13.6. The van der Waals surface area contributed by atoms with Gasteiger partial charge < -0.3 is 25.1 Å².